The maximum Gasteiger partial charge on any atom is 0.111 e. The summed E-state index contributed by atoms with van der Waals surface area (Å²) in [6, 6.07) is 21.5. The molecule has 0 unspecified atom stereocenters. The van der Waals surface area contributed by atoms with Crippen molar-refractivity contribution in [2.24, 2.45) is 0 Å². The molecule has 0 radical (unpaired) electrons. The smallest absolute Gasteiger partial charge is 0.111 e. The summed E-state index contributed by atoms with van der Waals surface area (Å²) < 4.78 is 2.63. The van der Waals surface area contributed by atoms with E-state index >= 15 is 0 Å². The highest BCUT2D eigenvalue weighted by molar-refractivity contribution is 6.82. The first-order valence-electron chi connectivity index (χ1n) is 8.56. The molecular weight excluding hydrogens is 326 g/mol. The van der Waals surface area contributed by atoms with Crippen LogP contribution in [0.5, 0.6) is 0 Å². The summed E-state index contributed by atoms with van der Waals surface area (Å²) in [4.78, 5) is 0. The number of benzene rings is 2. The van der Waals surface area contributed by atoms with Crippen molar-refractivity contribution in [3.63, 3.8) is 0 Å². The van der Waals surface area contributed by atoms with Crippen molar-refractivity contribution in [2.75, 3.05) is 7.05 Å². The Morgan fingerprint density at radius 2 is 1.17 bits per heavy atom. The van der Waals surface area contributed by atoms with Gasteiger partial charge in [0.25, 0.3) is 0 Å². The Kier molecular flexibility index (Phi) is 8.19. The van der Waals surface area contributed by atoms with E-state index in [2.05, 4.69) is 105 Å². The maximum atomic E-state index is 2.63. The third-order valence-corrected chi connectivity index (χ3v) is 13.3. The minimum Gasteiger partial charge on any atom is -0.351 e. The summed E-state index contributed by atoms with van der Waals surface area (Å²) in [5.74, 6) is 0. The monoisotopic (exact) mass is 359 g/mol. The molecule has 0 spiro atoms. The van der Waals surface area contributed by atoms with E-state index in [1.54, 1.807) is 0 Å². The van der Waals surface area contributed by atoms with Gasteiger partial charge < -0.3 is 4.23 Å². The molecule has 0 amide bonds. The van der Waals surface area contributed by atoms with Gasteiger partial charge in [-0.2, -0.15) is 0 Å². The molecule has 4 heteroatoms. The van der Waals surface area contributed by atoms with Crippen molar-refractivity contribution in [2.45, 2.75) is 38.3 Å². The summed E-state index contributed by atoms with van der Waals surface area (Å²) >= 11 is 0. The molecule has 0 bridgehead atoms. The van der Waals surface area contributed by atoms with Crippen molar-refractivity contribution in [3.05, 3.63) is 71.8 Å². The van der Waals surface area contributed by atoms with Crippen LogP contribution in [0.2, 0.25) is 32.7 Å². The van der Waals surface area contributed by atoms with Crippen LogP contribution in [-0.4, -0.2) is 38.7 Å². The molecule has 0 aliphatic rings. The Bertz CT molecular complexity index is 510. The lowest BCUT2D eigenvalue weighted by Gasteiger charge is -2.33. The fourth-order valence-corrected chi connectivity index (χ4v) is 9.42. The number of hydrogen-bond donors (Lipinski definition) is 0. The Hall–Kier alpha value is -0.949. The van der Waals surface area contributed by atoms with Crippen molar-refractivity contribution in [1.82, 2.24) is 4.23 Å². The molecule has 2 aromatic carbocycles. The van der Waals surface area contributed by atoms with Gasteiger partial charge in [0.1, 0.15) is 8.24 Å². The van der Waals surface area contributed by atoms with E-state index < -0.39 is 17.2 Å². The molecule has 126 valence electrons. The molecule has 0 N–H and O–H groups in total. The summed E-state index contributed by atoms with van der Waals surface area (Å²) in [7, 11) is 2.02. The van der Waals surface area contributed by atoms with Crippen molar-refractivity contribution >= 4 is 27.4 Å². The maximum absolute atomic E-state index is 2.63. The average molecular weight is 360 g/mol. The Balaban J connectivity index is 0.000000257. The first-order valence-corrected chi connectivity index (χ1v) is 16.0. The van der Waals surface area contributed by atoms with Crippen LogP contribution in [0.4, 0.5) is 0 Å². The lowest BCUT2D eigenvalue weighted by molar-refractivity contribution is 0.784. The first kappa shape index (κ1) is 20.1. The molecule has 0 fully saturated rings. The number of nitrogens with zero attached hydrogens (tertiary/aromatic N) is 1. The highest BCUT2D eigenvalue weighted by Gasteiger charge is 2.21. The standard InChI is InChI=1S/C13H14Si.C6H19NSi2/c14-13(11-7-3-1-4-8-11)12-9-5-2-6-10-12;1-7(8(2)3)9(4,5)6/h1-10,13H,14H3;8H,1-6H3. The molecule has 23 heavy (non-hydrogen) atoms. The third kappa shape index (κ3) is 6.99. The van der Waals surface area contributed by atoms with Gasteiger partial charge in [-0.1, -0.05) is 93.4 Å². The van der Waals surface area contributed by atoms with Crippen LogP contribution < -0.4 is 0 Å². The van der Waals surface area contributed by atoms with Gasteiger partial charge >= 0.3 is 0 Å². The van der Waals surface area contributed by atoms with Crippen LogP contribution in [-0.2, 0) is 0 Å². The van der Waals surface area contributed by atoms with E-state index in [0.29, 0.717) is 5.54 Å². The van der Waals surface area contributed by atoms with Gasteiger partial charge in [0, 0.05) is 10.2 Å². The van der Waals surface area contributed by atoms with Crippen LogP contribution in [0.3, 0.4) is 0 Å². The molecule has 0 saturated heterocycles. The Labute approximate surface area is 148 Å². The SMILES string of the molecule is CN([SiH](C)C)[Si](C)(C)C.[SiH3]C(c1ccccc1)c1ccccc1. The van der Waals surface area contributed by atoms with Crippen LogP contribution in [0.15, 0.2) is 60.7 Å². The Morgan fingerprint density at radius 3 is 1.39 bits per heavy atom. The van der Waals surface area contributed by atoms with E-state index in [1.807, 2.05) is 0 Å². The van der Waals surface area contributed by atoms with Crippen LogP contribution in [0.25, 0.3) is 0 Å². The minimum absolute atomic E-state index is 0.495. The number of rotatable bonds is 4. The molecule has 1 nitrogen and oxygen atoms in total. The lowest BCUT2D eigenvalue weighted by Crippen LogP contribution is -2.49. The molecule has 0 saturated carbocycles. The van der Waals surface area contributed by atoms with Crippen molar-refractivity contribution < 1.29 is 0 Å². The summed E-state index contributed by atoms with van der Waals surface area (Å²) in [5.41, 5.74) is 3.49. The second kappa shape index (κ2) is 9.37. The van der Waals surface area contributed by atoms with E-state index in [-0.39, 0.29) is 0 Å². The molecule has 0 heterocycles. The summed E-state index contributed by atoms with van der Waals surface area (Å²) in [5, 5.41) is 0. The zero-order valence-electron chi connectivity index (χ0n) is 15.9. The third-order valence-electron chi connectivity index (χ3n) is 4.43. The van der Waals surface area contributed by atoms with Gasteiger partial charge in [-0.25, -0.2) is 0 Å². The molecule has 0 atom stereocenters. The normalized spacial score (nSPS) is 11.7. The van der Waals surface area contributed by atoms with E-state index in [9.17, 15) is 0 Å². The highest BCUT2D eigenvalue weighted by Crippen LogP contribution is 2.20. The van der Waals surface area contributed by atoms with Crippen LogP contribution >= 0.6 is 0 Å². The Morgan fingerprint density at radius 1 is 0.826 bits per heavy atom. The van der Waals surface area contributed by atoms with Gasteiger partial charge in [0.05, 0.1) is 8.96 Å². The molecule has 0 aliphatic carbocycles. The molecule has 2 rings (SSSR count). The second-order valence-electron chi connectivity index (χ2n) is 7.42. The molecule has 2 aromatic rings. The molecule has 0 aromatic heterocycles. The van der Waals surface area contributed by atoms with Gasteiger partial charge in [0.15, 0.2) is 0 Å². The lowest BCUT2D eigenvalue weighted by atomic mass is 10.0. The zero-order valence-corrected chi connectivity index (χ0v) is 20.0. The van der Waals surface area contributed by atoms with Gasteiger partial charge in [0.2, 0.25) is 0 Å². The predicted molar refractivity (Wildman–Crippen MR) is 115 cm³/mol. The van der Waals surface area contributed by atoms with Crippen molar-refractivity contribution in [1.29, 1.82) is 0 Å². The second-order valence-corrected chi connectivity index (χ2v) is 17.1. The van der Waals surface area contributed by atoms with E-state index in [1.165, 1.54) is 11.1 Å². The fourth-order valence-electron chi connectivity index (χ4n) is 2.45. The van der Waals surface area contributed by atoms with Gasteiger partial charge in [-0.05, 0) is 23.7 Å². The van der Waals surface area contributed by atoms with Gasteiger partial charge in [-0.3, -0.25) is 0 Å². The van der Waals surface area contributed by atoms with Gasteiger partial charge in [-0.15, -0.1) is 0 Å². The average Bonchev–Trinajstić information content (AvgIpc) is 2.54. The summed E-state index contributed by atoms with van der Waals surface area (Å²) in [6.07, 6.45) is 0. The zero-order chi connectivity index (χ0) is 17.5. The van der Waals surface area contributed by atoms with E-state index in [4.69, 9.17) is 0 Å². The van der Waals surface area contributed by atoms with Crippen LogP contribution in [0, 0.1) is 0 Å². The van der Waals surface area contributed by atoms with E-state index in [0.717, 1.165) is 10.2 Å². The topological polar surface area (TPSA) is 3.24 Å². The largest absolute Gasteiger partial charge is 0.351 e. The van der Waals surface area contributed by atoms with Crippen molar-refractivity contribution in [3.8, 4) is 0 Å². The predicted octanol–water partition coefficient (Wildman–Crippen LogP) is 3.88. The fraction of sp³-hybridized carbons (Fsp3) is 0.368. The quantitative estimate of drug-likeness (QED) is 0.749. The first-order chi connectivity index (χ1) is 10.7. The minimum atomic E-state index is -0.929. The van der Waals surface area contributed by atoms with Crippen LogP contribution in [0.1, 0.15) is 16.7 Å². The summed E-state index contributed by atoms with van der Waals surface area (Å²) in [6.45, 7) is 12.0. The number of hydrogen-bond acceptors (Lipinski definition) is 1. The molecule has 0 aliphatic heterocycles. The molecular formula is C19H33NSi3. The highest BCUT2D eigenvalue weighted by atomic mass is 28.4.